The van der Waals surface area contributed by atoms with Gasteiger partial charge in [0.1, 0.15) is 5.67 Å². The van der Waals surface area contributed by atoms with Gasteiger partial charge < -0.3 is 10.6 Å². The van der Waals surface area contributed by atoms with Gasteiger partial charge in [-0.1, -0.05) is 12.8 Å². The van der Waals surface area contributed by atoms with E-state index in [4.69, 9.17) is 5.73 Å². The van der Waals surface area contributed by atoms with Gasteiger partial charge in [-0.3, -0.25) is 0 Å². The summed E-state index contributed by atoms with van der Waals surface area (Å²) < 4.78 is 14.1. The van der Waals surface area contributed by atoms with Crippen LogP contribution in [-0.4, -0.2) is 36.2 Å². The van der Waals surface area contributed by atoms with Gasteiger partial charge in [0, 0.05) is 12.6 Å². The first-order valence-corrected chi connectivity index (χ1v) is 5.85. The normalized spacial score (nSPS) is 29.6. The van der Waals surface area contributed by atoms with Gasteiger partial charge in [-0.25, -0.2) is 4.39 Å². The summed E-state index contributed by atoms with van der Waals surface area (Å²) in [5, 5.41) is 0. The lowest BCUT2D eigenvalue weighted by Crippen LogP contribution is -2.45. The largest absolute Gasteiger partial charge is 0.328 e. The summed E-state index contributed by atoms with van der Waals surface area (Å²) in [6, 6.07) is 0.352. The van der Waals surface area contributed by atoms with Gasteiger partial charge in [-0.2, -0.15) is 0 Å². The lowest BCUT2D eigenvalue weighted by Gasteiger charge is -2.34. The Morgan fingerprint density at radius 3 is 2.36 bits per heavy atom. The second-order valence-electron chi connectivity index (χ2n) is 4.97. The third kappa shape index (κ3) is 2.45. The van der Waals surface area contributed by atoms with Crippen molar-refractivity contribution in [3.63, 3.8) is 0 Å². The van der Waals surface area contributed by atoms with E-state index in [0.717, 1.165) is 51.6 Å². The first-order chi connectivity index (χ1) is 6.68. The highest BCUT2D eigenvalue weighted by Crippen LogP contribution is 2.34. The molecule has 0 amide bonds. The molecule has 0 radical (unpaired) electrons. The molecule has 1 saturated heterocycles. The van der Waals surface area contributed by atoms with Crippen LogP contribution in [0.3, 0.4) is 0 Å². The highest BCUT2D eigenvalue weighted by molar-refractivity contribution is 4.89. The average molecular weight is 200 g/mol. The van der Waals surface area contributed by atoms with Gasteiger partial charge in [0.25, 0.3) is 0 Å². The molecule has 2 fully saturated rings. The van der Waals surface area contributed by atoms with Gasteiger partial charge in [-0.05, 0) is 38.8 Å². The quantitative estimate of drug-likeness (QED) is 0.735. The minimum atomic E-state index is -0.874. The van der Waals surface area contributed by atoms with E-state index in [-0.39, 0.29) is 0 Å². The maximum Gasteiger partial charge on any atom is 0.123 e. The van der Waals surface area contributed by atoms with Crippen molar-refractivity contribution >= 4 is 0 Å². The number of nitrogens with two attached hydrogens (primary N) is 1. The SMILES string of the molecule is NC1CCN(CC2(F)CCCC2)CC1. The van der Waals surface area contributed by atoms with Gasteiger partial charge in [0.05, 0.1) is 0 Å². The summed E-state index contributed by atoms with van der Waals surface area (Å²) in [4.78, 5) is 2.26. The molecule has 0 unspecified atom stereocenters. The second-order valence-corrected chi connectivity index (χ2v) is 4.97. The topological polar surface area (TPSA) is 29.3 Å². The molecule has 2 nitrogen and oxygen atoms in total. The monoisotopic (exact) mass is 200 g/mol. The minimum absolute atomic E-state index is 0.352. The van der Waals surface area contributed by atoms with E-state index in [1.165, 1.54) is 0 Å². The highest BCUT2D eigenvalue weighted by atomic mass is 19.1. The Morgan fingerprint density at radius 2 is 1.79 bits per heavy atom. The van der Waals surface area contributed by atoms with E-state index in [0.29, 0.717) is 12.6 Å². The molecule has 1 aliphatic heterocycles. The molecule has 0 aromatic carbocycles. The highest BCUT2D eigenvalue weighted by Gasteiger charge is 2.35. The number of piperidine rings is 1. The van der Waals surface area contributed by atoms with Gasteiger partial charge in [0.15, 0.2) is 0 Å². The molecule has 0 bridgehead atoms. The molecular weight excluding hydrogens is 179 g/mol. The number of halogens is 1. The molecule has 2 rings (SSSR count). The number of alkyl halides is 1. The van der Waals surface area contributed by atoms with Gasteiger partial charge in [-0.15, -0.1) is 0 Å². The van der Waals surface area contributed by atoms with Crippen molar-refractivity contribution in [1.29, 1.82) is 0 Å². The Hall–Kier alpha value is -0.150. The van der Waals surface area contributed by atoms with E-state index in [1.807, 2.05) is 0 Å². The van der Waals surface area contributed by atoms with Crippen LogP contribution in [0.1, 0.15) is 38.5 Å². The molecule has 0 aromatic rings. The fourth-order valence-electron chi connectivity index (χ4n) is 2.68. The van der Waals surface area contributed by atoms with Crippen molar-refractivity contribution in [2.24, 2.45) is 5.73 Å². The van der Waals surface area contributed by atoms with Crippen LogP contribution in [0.15, 0.2) is 0 Å². The number of likely N-dealkylation sites (tertiary alicyclic amines) is 1. The van der Waals surface area contributed by atoms with Crippen LogP contribution < -0.4 is 5.73 Å². The van der Waals surface area contributed by atoms with Crippen LogP contribution in [0.5, 0.6) is 0 Å². The first-order valence-electron chi connectivity index (χ1n) is 5.85. The summed E-state index contributed by atoms with van der Waals surface area (Å²) in [5.74, 6) is 0. The van der Waals surface area contributed by atoms with E-state index in [9.17, 15) is 4.39 Å². The standard InChI is InChI=1S/C11H21FN2/c12-11(5-1-2-6-11)9-14-7-3-10(13)4-8-14/h10H,1-9,13H2. The molecule has 1 saturated carbocycles. The third-order valence-electron chi connectivity index (χ3n) is 3.64. The lowest BCUT2D eigenvalue weighted by atomic mass is 10.0. The molecule has 2 aliphatic rings. The molecule has 1 heterocycles. The van der Waals surface area contributed by atoms with Crippen molar-refractivity contribution in [2.45, 2.75) is 50.2 Å². The van der Waals surface area contributed by atoms with Crippen LogP contribution in [0, 0.1) is 0 Å². The van der Waals surface area contributed by atoms with Gasteiger partial charge >= 0.3 is 0 Å². The molecule has 82 valence electrons. The minimum Gasteiger partial charge on any atom is -0.328 e. The molecule has 0 atom stereocenters. The molecule has 3 heteroatoms. The van der Waals surface area contributed by atoms with Crippen molar-refractivity contribution in [2.75, 3.05) is 19.6 Å². The van der Waals surface area contributed by atoms with E-state index < -0.39 is 5.67 Å². The Kier molecular flexibility index (Phi) is 3.07. The zero-order valence-corrected chi connectivity index (χ0v) is 8.84. The summed E-state index contributed by atoms with van der Waals surface area (Å²) >= 11 is 0. The second kappa shape index (κ2) is 4.15. The Balaban J connectivity index is 1.79. The van der Waals surface area contributed by atoms with Crippen molar-refractivity contribution in [3.05, 3.63) is 0 Å². The Bertz CT molecular complexity index is 182. The van der Waals surface area contributed by atoms with Crippen LogP contribution in [-0.2, 0) is 0 Å². The summed E-state index contributed by atoms with van der Waals surface area (Å²) in [5.41, 5.74) is 4.94. The van der Waals surface area contributed by atoms with E-state index >= 15 is 0 Å². The third-order valence-corrected chi connectivity index (χ3v) is 3.64. The predicted octanol–water partition coefficient (Wildman–Crippen LogP) is 1.69. The molecule has 0 spiro atoms. The van der Waals surface area contributed by atoms with E-state index in [2.05, 4.69) is 4.90 Å². The first kappa shape index (κ1) is 10.4. The number of nitrogens with zero attached hydrogens (tertiary/aromatic N) is 1. The zero-order valence-electron chi connectivity index (χ0n) is 8.84. The van der Waals surface area contributed by atoms with Crippen LogP contribution in [0.25, 0.3) is 0 Å². The average Bonchev–Trinajstić information content (AvgIpc) is 2.57. The number of rotatable bonds is 2. The summed E-state index contributed by atoms with van der Waals surface area (Å²) in [6.45, 7) is 2.64. The maximum atomic E-state index is 14.1. The fraction of sp³-hybridized carbons (Fsp3) is 1.00. The fourth-order valence-corrected chi connectivity index (χ4v) is 2.68. The number of hydrogen-bond donors (Lipinski definition) is 1. The predicted molar refractivity (Wildman–Crippen MR) is 56.0 cm³/mol. The Labute approximate surface area is 85.6 Å². The van der Waals surface area contributed by atoms with Crippen molar-refractivity contribution < 1.29 is 4.39 Å². The summed E-state index contributed by atoms with van der Waals surface area (Å²) in [6.07, 6.45) is 5.77. The maximum absolute atomic E-state index is 14.1. The zero-order chi connectivity index (χ0) is 10.0. The molecule has 0 aromatic heterocycles. The van der Waals surface area contributed by atoms with Crippen molar-refractivity contribution in [1.82, 2.24) is 4.90 Å². The Morgan fingerprint density at radius 1 is 1.21 bits per heavy atom. The summed E-state index contributed by atoms with van der Waals surface area (Å²) in [7, 11) is 0. The van der Waals surface area contributed by atoms with Crippen LogP contribution in [0.4, 0.5) is 4.39 Å². The number of hydrogen-bond acceptors (Lipinski definition) is 2. The van der Waals surface area contributed by atoms with Crippen LogP contribution >= 0.6 is 0 Å². The molecule has 2 N–H and O–H groups in total. The molecule has 1 aliphatic carbocycles. The smallest absolute Gasteiger partial charge is 0.123 e. The van der Waals surface area contributed by atoms with Crippen molar-refractivity contribution in [3.8, 4) is 0 Å². The van der Waals surface area contributed by atoms with Crippen LogP contribution in [0.2, 0.25) is 0 Å². The molecule has 14 heavy (non-hydrogen) atoms. The van der Waals surface area contributed by atoms with E-state index in [1.54, 1.807) is 0 Å². The van der Waals surface area contributed by atoms with Gasteiger partial charge in [0.2, 0.25) is 0 Å². The molecular formula is C11H21FN2. The lowest BCUT2D eigenvalue weighted by molar-refractivity contribution is 0.0828.